The van der Waals surface area contributed by atoms with Gasteiger partial charge in [-0.3, -0.25) is 0 Å². The number of benzene rings is 1. The first kappa shape index (κ1) is 12.6. The number of thioether (sulfide) groups is 1. The average molecular weight is 224 g/mol. The molecule has 0 aliphatic carbocycles. The molecule has 1 atom stereocenters. The number of hydrogen-bond acceptors (Lipinski definition) is 2. The minimum atomic E-state index is 0.243. The van der Waals surface area contributed by atoms with Crippen LogP contribution < -0.4 is 0 Å². The summed E-state index contributed by atoms with van der Waals surface area (Å²) in [6.45, 7) is 6.74. The van der Waals surface area contributed by atoms with Crippen molar-refractivity contribution in [3.05, 3.63) is 29.8 Å². The van der Waals surface area contributed by atoms with Crippen LogP contribution in [0, 0.1) is 0 Å². The zero-order valence-corrected chi connectivity index (χ0v) is 10.6. The monoisotopic (exact) mass is 224 g/mol. The zero-order valence-electron chi connectivity index (χ0n) is 9.73. The molecule has 1 unspecified atom stereocenters. The molecule has 0 aliphatic heterocycles. The molecule has 1 rings (SSSR count). The van der Waals surface area contributed by atoms with Crippen LogP contribution in [0.15, 0.2) is 29.2 Å². The molecule has 1 nitrogen and oxygen atoms in total. The van der Waals surface area contributed by atoms with E-state index in [0.29, 0.717) is 11.2 Å². The molecule has 0 spiro atoms. The maximum Gasteiger partial charge on any atom is 0.0499 e. The van der Waals surface area contributed by atoms with E-state index in [4.69, 9.17) is 0 Å². The van der Waals surface area contributed by atoms with Crippen molar-refractivity contribution >= 4 is 11.8 Å². The van der Waals surface area contributed by atoms with E-state index in [9.17, 15) is 5.11 Å². The first-order chi connectivity index (χ1) is 7.17. The van der Waals surface area contributed by atoms with Crippen LogP contribution in [0.4, 0.5) is 0 Å². The lowest BCUT2D eigenvalue weighted by Gasteiger charge is -2.12. The number of aliphatic hydroxyl groups is 1. The summed E-state index contributed by atoms with van der Waals surface area (Å²) in [6.07, 6.45) is 0.993. The predicted octanol–water partition coefficient (Wildman–Crippen LogP) is 3.67. The van der Waals surface area contributed by atoms with E-state index in [1.54, 1.807) is 0 Å². The molecule has 0 saturated carbocycles. The summed E-state index contributed by atoms with van der Waals surface area (Å²) in [5.74, 6) is 0.295. The van der Waals surface area contributed by atoms with Gasteiger partial charge in [-0.25, -0.2) is 0 Å². The molecule has 0 amide bonds. The highest BCUT2D eigenvalue weighted by atomic mass is 32.2. The molecule has 0 aliphatic rings. The second-order valence-electron chi connectivity index (χ2n) is 4.02. The van der Waals surface area contributed by atoms with Crippen LogP contribution in [-0.2, 0) is 0 Å². The summed E-state index contributed by atoms with van der Waals surface area (Å²) in [5.41, 5.74) is 1.24. The second kappa shape index (κ2) is 6.19. The molecular formula is C13H20OS. The molecule has 1 N–H and O–H groups in total. The average Bonchev–Trinajstić information content (AvgIpc) is 2.21. The van der Waals surface area contributed by atoms with Gasteiger partial charge in [0.15, 0.2) is 0 Å². The van der Waals surface area contributed by atoms with Crippen molar-refractivity contribution in [1.29, 1.82) is 0 Å². The molecule has 1 aromatic rings. The van der Waals surface area contributed by atoms with Crippen molar-refractivity contribution < 1.29 is 5.11 Å². The van der Waals surface area contributed by atoms with Crippen LogP contribution in [-0.4, -0.2) is 17.0 Å². The van der Waals surface area contributed by atoms with Gasteiger partial charge >= 0.3 is 0 Å². The Kier molecular flexibility index (Phi) is 5.20. The normalized spacial score (nSPS) is 13.1. The Bertz CT molecular complexity index is 275. The summed E-state index contributed by atoms with van der Waals surface area (Å²) in [7, 11) is 0. The Hall–Kier alpha value is -0.470. The van der Waals surface area contributed by atoms with Gasteiger partial charge in [0.05, 0.1) is 0 Å². The fraction of sp³-hybridized carbons (Fsp3) is 0.538. The van der Waals surface area contributed by atoms with Crippen molar-refractivity contribution in [3.8, 4) is 0 Å². The lowest BCUT2D eigenvalue weighted by atomic mass is 9.98. The van der Waals surface area contributed by atoms with Crippen molar-refractivity contribution in [1.82, 2.24) is 0 Å². The molecule has 0 radical (unpaired) electrons. The summed E-state index contributed by atoms with van der Waals surface area (Å²) in [4.78, 5) is 1.31. The first-order valence-corrected chi connectivity index (χ1v) is 6.42. The number of rotatable bonds is 5. The van der Waals surface area contributed by atoms with Gasteiger partial charge in [-0.2, -0.15) is 0 Å². The highest BCUT2D eigenvalue weighted by Gasteiger charge is 2.07. The Morgan fingerprint density at radius 2 is 1.80 bits per heavy atom. The highest BCUT2D eigenvalue weighted by Crippen LogP contribution is 2.26. The fourth-order valence-electron chi connectivity index (χ4n) is 1.56. The fourth-order valence-corrected chi connectivity index (χ4v) is 2.40. The van der Waals surface area contributed by atoms with Crippen LogP contribution >= 0.6 is 11.8 Å². The molecule has 0 saturated heterocycles. The van der Waals surface area contributed by atoms with Gasteiger partial charge in [0.2, 0.25) is 0 Å². The lowest BCUT2D eigenvalue weighted by molar-refractivity contribution is 0.262. The van der Waals surface area contributed by atoms with Crippen molar-refractivity contribution in [3.63, 3.8) is 0 Å². The van der Waals surface area contributed by atoms with Crippen molar-refractivity contribution in [2.75, 3.05) is 6.61 Å². The topological polar surface area (TPSA) is 20.2 Å². The van der Waals surface area contributed by atoms with Gasteiger partial charge in [-0.05, 0) is 24.1 Å². The summed E-state index contributed by atoms with van der Waals surface area (Å²) < 4.78 is 0. The second-order valence-corrected chi connectivity index (χ2v) is 5.67. The molecule has 2 heteroatoms. The molecule has 15 heavy (non-hydrogen) atoms. The standard InChI is InChI=1S/C13H20OS/c1-4-11(9-14)12-5-7-13(8-6-12)15-10(2)3/h5-8,10-11,14H,4,9H2,1-3H3. The van der Waals surface area contributed by atoms with Gasteiger partial charge in [0.25, 0.3) is 0 Å². The van der Waals surface area contributed by atoms with E-state index < -0.39 is 0 Å². The van der Waals surface area contributed by atoms with E-state index in [0.717, 1.165) is 6.42 Å². The SMILES string of the molecule is CCC(CO)c1ccc(SC(C)C)cc1. The molecule has 0 aromatic heterocycles. The van der Waals surface area contributed by atoms with Gasteiger partial charge in [-0.15, -0.1) is 11.8 Å². The van der Waals surface area contributed by atoms with Crippen LogP contribution in [0.25, 0.3) is 0 Å². The zero-order chi connectivity index (χ0) is 11.3. The van der Waals surface area contributed by atoms with Gasteiger partial charge in [-0.1, -0.05) is 32.9 Å². The summed E-state index contributed by atoms with van der Waals surface area (Å²) >= 11 is 1.87. The molecule has 1 aromatic carbocycles. The quantitative estimate of drug-likeness (QED) is 0.770. The Balaban J connectivity index is 2.71. The van der Waals surface area contributed by atoms with E-state index in [1.807, 2.05) is 11.8 Å². The van der Waals surface area contributed by atoms with Crippen molar-refractivity contribution in [2.45, 2.75) is 43.3 Å². The third-order valence-corrected chi connectivity index (χ3v) is 3.45. The predicted molar refractivity (Wildman–Crippen MR) is 67.6 cm³/mol. The van der Waals surface area contributed by atoms with Crippen molar-refractivity contribution in [2.24, 2.45) is 0 Å². The van der Waals surface area contributed by atoms with Crippen LogP contribution in [0.2, 0.25) is 0 Å². The van der Waals surface area contributed by atoms with E-state index >= 15 is 0 Å². The first-order valence-electron chi connectivity index (χ1n) is 5.54. The molecular weight excluding hydrogens is 204 g/mol. The minimum Gasteiger partial charge on any atom is -0.396 e. The van der Waals surface area contributed by atoms with E-state index in [2.05, 4.69) is 45.0 Å². The smallest absolute Gasteiger partial charge is 0.0499 e. The summed E-state index contributed by atoms with van der Waals surface area (Å²) in [6, 6.07) is 8.57. The minimum absolute atomic E-state index is 0.243. The van der Waals surface area contributed by atoms with Crippen LogP contribution in [0.3, 0.4) is 0 Å². The maximum atomic E-state index is 9.19. The van der Waals surface area contributed by atoms with E-state index in [-0.39, 0.29) is 6.61 Å². The molecule has 0 bridgehead atoms. The largest absolute Gasteiger partial charge is 0.396 e. The number of hydrogen-bond donors (Lipinski definition) is 1. The number of aliphatic hydroxyl groups excluding tert-OH is 1. The van der Waals surface area contributed by atoms with Gasteiger partial charge in [0, 0.05) is 22.7 Å². The lowest BCUT2D eigenvalue weighted by Crippen LogP contribution is -2.02. The maximum absolute atomic E-state index is 9.19. The Labute approximate surface area is 96.9 Å². The molecule has 0 fully saturated rings. The van der Waals surface area contributed by atoms with Crippen LogP contribution in [0.1, 0.15) is 38.7 Å². The highest BCUT2D eigenvalue weighted by molar-refractivity contribution is 7.99. The summed E-state index contributed by atoms with van der Waals surface area (Å²) in [5, 5.41) is 9.81. The third kappa shape index (κ3) is 3.88. The van der Waals surface area contributed by atoms with Gasteiger partial charge < -0.3 is 5.11 Å². The van der Waals surface area contributed by atoms with Gasteiger partial charge in [0.1, 0.15) is 0 Å². The van der Waals surface area contributed by atoms with Crippen LogP contribution in [0.5, 0.6) is 0 Å². The third-order valence-electron chi connectivity index (χ3n) is 2.44. The van der Waals surface area contributed by atoms with E-state index in [1.165, 1.54) is 10.5 Å². The Morgan fingerprint density at radius 3 is 2.20 bits per heavy atom. The Morgan fingerprint density at radius 1 is 1.20 bits per heavy atom. The molecule has 0 heterocycles. The molecule has 84 valence electrons.